The lowest BCUT2D eigenvalue weighted by Gasteiger charge is -2.12. The molecule has 20 heavy (non-hydrogen) atoms. The number of sulfonamides is 1. The summed E-state index contributed by atoms with van der Waals surface area (Å²) in [6, 6.07) is 4.79. The zero-order valence-corrected chi connectivity index (χ0v) is 13.8. The molecule has 0 spiro atoms. The maximum atomic E-state index is 12.2. The van der Waals surface area contributed by atoms with Crippen molar-refractivity contribution in [1.29, 1.82) is 0 Å². The van der Waals surface area contributed by atoms with Crippen molar-refractivity contribution in [3.05, 3.63) is 22.7 Å². The molecule has 1 aromatic rings. The molecule has 1 aromatic carbocycles. The summed E-state index contributed by atoms with van der Waals surface area (Å²) in [5.74, 6) is 0.289. The van der Waals surface area contributed by atoms with Gasteiger partial charge in [0.25, 0.3) is 0 Å². The van der Waals surface area contributed by atoms with Crippen molar-refractivity contribution in [1.82, 2.24) is 10.0 Å². The zero-order valence-electron chi connectivity index (χ0n) is 11.4. The lowest BCUT2D eigenvalue weighted by Crippen LogP contribution is -2.34. The third-order valence-corrected chi connectivity index (χ3v) is 4.42. The van der Waals surface area contributed by atoms with E-state index < -0.39 is 16.1 Å². The van der Waals surface area contributed by atoms with Crippen LogP contribution in [0.3, 0.4) is 0 Å². The maximum Gasteiger partial charge on any atom is 0.244 e. The van der Waals surface area contributed by atoms with Crippen LogP contribution in [0, 0.1) is 0 Å². The topological polar surface area (TPSA) is 87.7 Å². The molecule has 0 fully saturated rings. The van der Waals surface area contributed by atoms with Crippen molar-refractivity contribution < 1.29 is 18.3 Å². The van der Waals surface area contributed by atoms with E-state index in [-0.39, 0.29) is 17.2 Å². The Morgan fingerprint density at radius 2 is 2.10 bits per heavy atom. The molecule has 0 aromatic heterocycles. The molecule has 1 atom stereocenters. The van der Waals surface area contributed by atoms with Crippen LogP contribution in [0.15, 0.2) is 27.6 Å². The Hall–Kier alpha value is -0.670. The Labute approximate surface area is 127 Å². The van der Waals surface area contributed by atoms with Gasteiger partial charge in [-0.25, -0.2) is 13.1 Å². The highest BCUT2D eigenvalue weighted by Gasteiger charge is 2.19. The second-order valence-electron chi connectivity index (χ2n) is 4.25. The predicted molar refractivity (Wildman–Crippen MR) is 80.4 cm³/mol. The van der Waals surface area contributed by atoms with Crippen molar-refractivity contribution in [3.8, 4) is 5.75 Å². The molecule has 0 heterocycles. The van der Waals surface area contributed by atoms with Crippen LogP contribution in [0.1, 0.15) is 6.92 Å². The molecule has 6 nitrogen and oxygen atoms in total. The molecule has 0 aliphatic carbocycles. The summed E-state index contributed by atoms with van der Waals surface area (Å²) in [6.07, 6.45) is -0.461. The molecule has 1 unspecified atom stereocenters. The molecule has 0 bridgehead atoms. The predicted octanol–water partition coefficient (Wildman–Crippen LogP) is 0.706. The number of aliphatic hydroxyl groups is 1. The molecular formula is C12H19BrN2O4S. The van der Waals surface area contributed by atoms with Gasteiger partial charge in [0.05, 0.1) is 13.2 Å². The molecule has 0 aliphatic heterocycles. The van der Waals surface area contributed by atoms with Crippen molar-refractivity contribution in [2.24, 2.45) is 0 Å². The average Bonchev–Trinajstić information content (AvgIpc) is 2.37. The lowest BCUT2D eigenvalue weighted by atomic mass is 10.3. The maximum absolute atomic E-state index is 12.2. The standard InChI is InChI=1S/C12H19BrN2O4S/c1-9(16)8-14-5-6-15-20(17,18)12-7-10(13)3-4-11(12)19-2/h3-4,7,9,14-16H,5-6,8H2,1-2H3. The normalized spacial score (nSPS) is 13.2. The van der Waals surface area contributed by atoms with Gasteiger partial charge in [-0.05, 0) is 25.1 Å². The lowest BCUT2D eigenvalue weighted by molar-refractivity contribution is 0.192. The van der Waals surface area contributed by atoms with E-state index in [0.717, 1.165) is 0 Å². The summed E-state index contributed by atoms with van der Waals surface area (Å²) >= 11 is 3.24. The summed E-state index contributed by atoms with van der Waals surface area (Å²) < 4.78 is 32.5. The summed E-state index contributed by atoms with van der Waals surface area (Å²) in [5.41, 5.74) is 0. The first-order valence-corrected chi connectivity index (χ1v) is 8.36. The van der Waals surface area contributed by atoms with Crippen molar-refractivity contribution >= 4 is 26.0 Å². The van der Waals surface area contributed by atoms with E-state index >= 15 is 0 Å². The van der Waals surface area contributed by atoms with Crippen LogP contribution in [0.5, 0.6) is 5.75 Å². The van der Waals surface area contributed by atoms with E-state index in [2.05, 4.69) is 26.0 Å². The molecule has 0 amide bonds. The Morgan fingerprint density at radius 1 is 1.40 bits per heavy atom. The molecule has 114 valence electrons. The summed E-state index contributed by atoms with van der Waals surface area (Å²) in [5, 5.41) is 12.0. The van der Waals surface area contributed by atoms with E-state index in [9.17, 15) is 8.42 Å². The third-order valence-electron chi connectivity index (χ3n) is 2.45. The van der Waals surface area contributed by atoms with Gasteiger partial charge in [0, 0.05) is 24.1 Å². The van der Waals surface area contributed by atoms with Gasteiger partial charge in [-0.2, -0.15) is 0 Å². The van der Waals surface area contributed by atoms with Crippen LogP contribution in [0.2, 0.25) is 0 Å². The quantitative estimate of drug-likeness (QED) is 0.589. The van der Waals surface area contributed by atoms with E-state index in [0.29, 0.717) is 17.6 Å². The van der Waals surface area contributed by atoms with Crippen molar-refractivity contribution in [2.45, 2.75) is 17.9 Å². The van der Waals surface area contributed by atoms with E-state index in [4.69, 9.17) is 9.84 Å². The van der Waals surface area contributed by atoms with Gasteiger partial charge in [-0.3, -0.25) is 0 Å². The van der Waals surface area contributed by atoms with Crippen LogP contribution in [0.25, 0.3) is 0 Å². The Kier molecular flexibility index (Phi) is 6.90. The first-order chi connectivity index (χ1) is 9.36. The second kappa shape index (κ2) is 7.94. The van der Waals surface area contributed by atoms with E-state index in [1.807, 2.05) is 0 Å². The Bertz CT molecular complexity index is 534. The monoisotopic (exact) mass is 366 g/mol. The fourth-order valence-corrected chi connectivity index (χ4v) is 3.26. The average molecular weight is 367 g/mol. The van der Waals surface area contributed by atoms with Crippen LogP contribution in [-0.2, 0) is 10.0 Å². The number of rotatable bonds is 8. The molecule has 8 heteroatoms. The number of hydrogen-bond donors (Lipinski definition) is 3. The van der Waals surface area contributed by atoms with Crippen molar-refractivity contribution in [3.63, 3.8) is 0 Å². The molecule has 1 rings (SSSR count). The van der Waals surface area contributed by atoms with Gasteiger partial charge < -0.3 is 15.2 Å². The number of aliphatic hydroxyl groups excluding tert-OH is 1. The minimum atomic E-state index is -3.63. The molecule has 0 radical (unpaired) electrons. The fraction of sp³-hybridized carbons (Fsp3) is 0.500. The number of hydrogen-bond acceptors (Lipinski definition) is 5. The highest BCUT2D eigenvalue weighted by Crippen LogP contribution is 2.26. The molecular weight excluding hydrogens is 348 g/mol. The third kappa shape index (κ3) is 5.37. The minimum absolute atomic E-state index is 0.0879. The van der Waals surface area contributed by atoms with E-state index in [1.165, 1.54) is 13.2 Å². The Balaban J connectivity index is 2.67. The van der Waals surface area contributed by atoms with Gasteiger partial charge >= 0.3 is 0 Å². The van der Waals surface area contributed by atoms with Crippen LogP contribution in [-0.4, -0.2) is 46.4 Å². The highest BCUT2D eigenvalue weighted by atomic mass is 79.9. The van der Waals surface area contributed by atoms with Crippen LogP contribution < -0.4 is 14.8 Å². The van der Waals surface area contributed by atoms with Crippen LogP contribution in [0.4, 0.5) is 0 Å². The second-order valence-corrected chi connectivity index (χ2v) is 6.90. The number of benzene rings is 1. The van der Waals surface area contributed by atoms with Gasteiger partial charge in [0.15, 0.2) is 0 Å². The largest absolute Gasteiger partial charge is 0.495 e. The smallest absolute Gasteiger partial charge is 0.244 e. The van der Waals surface area contributed by atoms with E-state index in [1.54, 1.807) is 19.1 Å². The van der Waals surface area contributed by atoms with Gasteiger partial charge in [-0.1, -0.05) is 15.9 Å². The molecule has 3 N–H and O–H groups in total. The SMILES string of the molecule is COc1ccc(Br)cc1S(=O)(=O)NCCNCC(C)O. The molecule has 0 saturated heterocycles. The summed E-state index contributed by atoms with van der Waals surface area (Å²) in [4.78, 5) is 0.0879. The zero-order chi connectivity index (χ0) is 15.2. The number of methoxy groups -OCH3 is 1. The van der Waals surface area contributed by atoms with Crippen LogP contribution >= 0.6 is 15.9 Å². The highest BCUT2D eigenvalue weighted by molar-refractivity contribution is 9.10. The van der Waals surface area contributed by atoms with Gasteiger partial charge in [0.2, 0.25) is 10.0 Å². The Morgan fingerprint density at radius 3 is 2.70 bits per heavy atom. The number of halogens is 1. The van der Waals surface area contributed by atoms with Crippen molar-refractivity contribution in [2.75, 3.05) is 26.7 Å². The van der Waals surface area contributed by atoms with Gasteiger partial charge in [0.1, 0.15) is 10.6 Å². The molecule has 0 aliphatic rings. The first-order valence-electron chi connectivity index (χ1n) is 6.09. The molecule has 0 saturated carbocycles. The van der Waals surface area contributed by atoms with Gasteiger partial charge in [-0.15, -0.1) is 0 Å². The fourth-order valence-electron chi connectivity index (χ4n) is 1.52. The number of ether oxygens (including phenoxy) is 1. The number of nitrogens with one attached hydrogen (secondary N) is 2. The first kappa shape index (κ1) is 17.4. The summed E-state index contributed by atoms with van der Waals surface area (Å²) in [6.45, 7) is 2.73. The summed E-state index contributed by atoms with van der Waals surface area (Å²) in [7, 11) is -2.21. The minimum Gasteiger partial charge on any atom is -0.495 e.